The summed E-state index contributed by atoms with van der Waals surface area (Å²) in [6, 6.07) is 26.0. The second-order valence-electron chi connectivity index (χ2n) is 10.1. The van der Waals surface area contributed by atoms with Gasteiger partial charge < -0.3 is 9.88 Å². The molecule has 5 heteroatoms. The van der Waals surface area contributed by atoms with E-state index in [0.717, 1.165) is 55.0 Å². The van der Waals surface area contributed by atoms with Gasteiger partial charge in [-0.1, -0.05) is 85.4 Å². The van der Waals surface area contributed by atoms with Crippen molar-refractivity contribution in [2.45, 2.75) is 53.0 Å². The van der Waals surface area contributed by atoms with E-state index in [2.05, 4.69) is 108 Å². The summed E-state index contributed by atoms with van der Waals surface area (Å²) in [5.74, 6) is 1.01. The summed E-state index contributed by atoms with van der Waals surface area (Å²) < 4.78 is 4.53. The third kappa shape index (κ3) is 4.27. The van der Waals surface area contributed by atoms with Gasteiger partial charge in [0.25, 0.3) is 0 Å². The van der Waals surface area contributed by atoms with Gasteiger partial charge in [0.05, 0.1) is 0 Å². The number of hydrogen-bond acceptors (Lipinski definition) is 2. The number of rotatable bonds is 5. The van der Waals surface area contributed by atoms with Gasteiger partial charge in [-0.2, -0.15) is 0 Å². The zero-order chi connectivity index (χ0) is 25.5. The van der Waals surface area contributed by atoms with E-state index >= 15 is 0 Å². The fourth-order valence-electron chi connectivity index (χ4n) is 5.50. The molecule has 0 fully saturated rings. The van der Waals surface area contributed by atoms with Crippen LogP contribution in [0.25, 0.3) is 28.2 Å². The Morgan fingerprint density at radius 2 is 1.68 bits per heavy atom. The lowest BCUT2D eigenvalue weighted by atomic mass is 9.96. The van der Waals surface area contributed by atoms with Crippen LogP contribution < -0.4 is 5.32 Å². The number of nitrogens with one attached hydrogen (secondary N) is 1. The monoisotopic (exact) mass is 504 g/mol. The third-order valence-corrected chi connectivity index (χ3v) is 7.73. The minimum absolute atomic E-state index is 0.696. The quantitative estimate of drug-likeness (QED) is 0.248. The van der Waals surface area contributed by atoms with Gasteiger partial charge in [-0.05, 0) is 68.4 Å². The summed E-state index contributed by atoms with van der Waals surface area (Å²) in [5.41, 5.74) is 11.8. The van der Waals surface area contributed by atoms with Crippen LogP contribution in [0.3, 0.4) is 0 Å². The maximum Gasteiger partial charge on any atom is 0.162 e. The fraction of sp³-hybridized carbons (Fsp3) is 0.250. The Bertz CT molecular complexity index is 1600. The van der Waals surface area contributed by atoms with E-state index in [-0.39, 0.29) is 0 Å². The molecule has 5 aromatic rings. The summed E-state index contributed by atoms with van der Waals surface area (Å²) in [6.07, 6.45) is 4.32. The molecule has 3 heterocycles. The standard InChI is InChI=1S/C32H32N4S/c1-4-23-13-17-24(18-14-23)28-27-10-5-6-19-35-30(25-15-11-21(2)12-16-25)34-36(32(27)35)29(28)31(37)33-26-9-7-8-22(3)20-26/h7-9,11-18,20H,4-6,10,19H2,1-3H3,(H,33,37). The van der Waals surface area contributed by atoms with Gasteiger partial charge in [0.2, 0.25) is 0 Å². The molecule has 2 aromatic heterocycles. The molecular formula is C32H32N4S. The molecule has 37 heavy (non-hydrogen) atoms. The van der Waals surface area contributed by atoms with Gasteiger partial charge in [-0.25, -0.2) is 4.52 Å². The Balaban J connectivity index is 1.60. The number of anilines is 1. The van der Waals surface area contributed by atoms with Crippen molar-refractivity contribution in [1.29, 1.82) is 0 Å². The molecule has 0 radical (unpaired) electrons. The van der Waals surface area contributed by atoms with Crippen LogP contribution in [-0.4, -0.2) is 19.2 Å². The highest BCUT2D eigenvalue weighted by molar-refractivity contribution is 7.81. The minimum atomic E-state index is 0.696. The molecule has 0 amide bonds. The van der Waals surface area contributed by atoms with Crippen molar-refractivity contribution in [1.82, 2.24) is 14.2 Å². The van der Waals surface area contributed by atoms with Crippen LogP contribution >= 0.6 is 12.2 Å². The van der Waals surface area contributed by atoms with E-state index < -0.39 is 0 Å². The SMILES string of the molecule is CCc1ccc(-c2c3c4n(c(-c5ccc(C)cc5)nn4c2C(=S)Nc2cccc(C)c2)CCCC3)cc1. The van der Waals surface area contributed by atoms with Crippen molar-refractivity contribution in [3.05, 3.63) is 101 Å². The van der Waals surface area contributed by atoms with Gasteiger partial charge in [0.15, 0.2) is 5.82 Å². The van der Waals surface area contributed by atoms with E-state index in [0.29, 0.717) is 4.99 Å². The Hall–Kier alpha value is -3.70. The van der Waals surface area contributed by atoms with Crippen LogP contribution in [0, 0.1) is 13.8 Å². The van der Waals surface area contributed by atoms with Crippen LogP contribution in [0.1, 0.15) is 47.7 Å². The lowest BCUT2D eigenvalue weighted by Gasteiger charge is -2.12. The van der Waals surface area contributed by atoms with E-state index in [1.165, 1.54) is 39.0 Å². The third-order valence-electron chi connectivity index (χ3n) is 7.44. The fourth-order valence-corrected chi connectivity index (χ4v) is 5.80. The predicted molar refractivity (Wildman–Crippen MR) is 158 cm³/mol. The molecule has 1 aliphatic rings. The summed E-state index contributed by atoms with van der Waals surface area (Å²) in [7, 11) is 0. The van der Waals surface area contributed by atoms with Gasteiger partial charge >= 0.3 is 0 Å². The topological polar surface area (TPSA) is 34.3 Å². The van der Waals surface area contributed by atoms with Crippen LogP contribution in [0.15, 0.2) is 72.8 Å². The first-order chi connectivity index (χ1) is 18.0. The Kier molecular flexibility index (Phi) is 6.17. The summed E-state index contributed by atoms with van der Waals surface area (Å²) in [4.78, 5) is 0.696. The molecule has 4 nitrogen and oxygen atoms in total. The van der Waals surface area contributed by atoms with Crippen molar-refractivity contribution in [2.75, 3.05) is 5.32 Å². The first-order valence-electron chi connectivity index (χ1n) is 13.2. The molecule has 186 valence electrons. The van der Waals surface area contributed by atoms with Crippen LogP contribution in [-0.2, 0) is 19.4 Å². The average Bonchev–Trinajstić information content (AvgIpc) is 3.32. The molecule has 0 aliphatic carbocycles. The molecule has 6 rings (SSSR count). The average molecular weight is 505 g/mol. The highest BCUT2D eigenvalue weighted by Crippen LogP contribution is 2.39. The zero-order valence-electron chi connectivity index (χ0n) is 21.7. The first-order valence-corrected chi connectivity index (χ1v) is 13.6. The molecule has 0 saturated carbocycles. The Morgan fingerprint density at radius 1 is 0.919 bits per heavy atom. The molecule has 3 aromatic carbocycles. The van der Waals surface area contributed by atoms with E-state index in [1.807, 2.05) is 0 Å². The number of thiocarbonyl (C=S) groups is 1. The predicted octanol–water partition coefficient (Wildman–Crippen LogP) is 7.77. The summed E-state index contributed by atoms with van der Waals surface area (Å²) >= 11 is 6.13. The van der Waals surface area contributed by atoms with Crippen LogP contribution in [0.5, 0.6) is 0 Å². The van der Waals surface area contributed by atoms with Crippen LogP contribution in [0.2, 0.25) is 0 Å². The Morgan fingerprint density at radius 3 is 2.41 bits per heavy atom. The zero-order valence-corrected chi connectivity index (χ0v) is 22.5. The van der Waals surface area contributed by atoms with Crippen molar-refractivity contribution in [3.63, 3.8) is 0 Å². The first kappa shape index (κ1) is 23.7. The van der Waals surface area contributed by atoms with Gasteiger partial charge in [-0.15, -0.1) is 5.10 Å². The Labute approximate surface area is 224 Å². The van der Waals surface area contributed by atoms with Crippen molar-refractivity contribution in [3.8, 4) is 22.5 Å². The van der Waals surface area contributed by atoms with Gasteiger partial charge in [-0.3, -0.25) is 0 Å². The van der Waals surface area contributed by atoms with Crippen molar-refractivity contribution < 1.29 is 0 Å². The maximum absolute atomic E-state index is 6.13. The molecule has 0 atom stereocenters. The molecule has 0 bridgehead atoms. The summed E-state index contributed by atoms with van der Waals surface area (Å²) in [6.45, 7) is 7.37. The second-order valence-corrected chi connectivity index (χ2v) is 10.5. The second kappa shape index (κ2) is 9.64. The molecule has 1 aliphatic heterocycles. The van der Waals surface area contributed by atoms with E-state index in [1.54, 1.807) is 0 Å². The highest BCUT2D eigenvalue weighted by atomic mass is 32.1. The smallest absolute Gasteiger partial charge is 0.162 e. The molecule has 1 N–H and O–H groups in total. The number of nitrogens with zero attached hydrogens (tertiary/aromatic N) is 3. The summed E-state index contributed by atoms with van der Waals surface area (Å²) in [5, 5.41) is 8.77. The molecular weight excluding hydrogens is 472 g/mol. The normalized spacial score (nSPS) is 13.1. The van der Waals surface area contributed by atoms with Gasteiger partial charge in [0.1, 0.15) is 16.3 Å². The minimum Gasteiger partial charge on any atom is -0.345 e. The van der Waals surface area contributed by atoms with E-state index in [9.17, 15) is 0 Å². The number of benzene rings is 3. The van der Waals surface area contributed by atoms with Gasteiger partial charge in [0, 0.05) is 28.9 Å². The lowest BCUT2D eigenvalue weighted by Crippen LogP contribution is -2.15. The number of aromatic nitrogens is 3. The molecule has 0 saturated heterocycles. The highest BCUT2D eigenvalue weighted by Gasteiger charge is 2.29. The van der Waals surface area contributed by atoms with Crippen molar-refractivity contribution in [2.24, 2.45) is 0 Å². The lowest BCUT2D eigenvalue weighted by molar-refractivity contribution is 0.645. The maximum atomic E-state index is 6.13. The molecule has 0 unspecified atom stereocenters. The largest absolute Gasteiger partial charge is 0.345 e. The van der Waals surface area contributed by atoms with E-state index in [4.69, 9.17) is 17.3 Å². The molecule has 0 spiro atoms. The number of aryl methyl sites for hydroxylation is 5. The van der Waals surface area contributed by atoms with Crippen LogP contribution in [0.4, 0.5) is 5.69 Å². The van der Waals surface area contributed by atoms with Crippen molar-refractivity contribution >= 4 is 28.5 Å². The number of hydrogen-bond donors (Lipinski definition) is 1.